The maximum Gasteiger partial charge on any atom is 0.274 e. The van der Waals surface area contributed by atoms with Gasteiger partial charge in [0.25, 0.3) is 5.89 Å². The number of amides is 1. The lowest BCUT2D eigenvalue weighted by atomic mass is 10.2. The van der Waals surface area contributed by atoms with Gasteiger partial charge in [0.2, 0.25) is 18.5 Å². The van der Waals surface area contributed by atoms with Crippen LogP contribution >= 0.6 is 15.9 Å². The first-order valence-electron chi connectivity index (χ1n) is 9.57. The molecule has 4 aromatic rings. The maximum atomic E-state index is 12.5. The summed E-state index contributed by atoms with van der Waals surface area (Å²) < 4.78 is 18.9. The Morgan fingerprint density at radius 2 is 1.97 bits per heavy atom. The Hall–Kier alpha value is -3.59. The molecule has 1 amide bonds. The summed E-state index contributed by atoms with van der Waals surface area (Å²) in [6.07, 6.45) is 1.80. The lowest BCUT2D eigenvalue weighted by Gasteiger charge is -2.09. The second-order valence-electron chi connectivity index (χ2n) is 6.88. The third kappa shape index (κ3) is 4.04. The number of ether oxygens (including phenoxy) is 2. The van der Waals surface area contributed by atoms with E-state index in [9.17, 15) is 4.79 Å². The van der Waals surface area contributed by atoms with E-state index in [1.165, 1.54) is 0 Å². The summed E-state index contributed by atoms with van der Waals surface area (Å²) in [6, 6.07) is 16.9. The molecule has 5 rings (SSSR count). The van der Waals surface area contributed by atoms with Crippen molar-refractivity contribution in [3.8, 4) is 34.5 Å². The van der Waals surface area contributed by atoms with Crippen LogP contribution in [0.15, 0.2) is 69.8 Å². The molecular formula is C22H17BrN4O4. The smallest absolute Gasteiger partial charge is 0.274 e. The number of halogens is 1. The van der Waals surface area contributed by atoms with Crippen LogP contribution in [0.25, 0.3) is 23.0 Å². The third-order valence-electron chi connectivity index (χ3n) is 4.85. The minimum atomic E-state index is -0.122. The molecule has 0 atom stereocenters. The molecule has 8 nitrogen and oxygen atoms in total. The van der Waals surface area contributed by atoms with Gasteiger partial charge >= 0.3 is 0 Å². The first kappa shape index (κ1) is 19.4. The largest absolute Gasteiger partial charge is 0.454 e. The van der Waals surface area contributed by atoms with E-state index >= 15 is 0 Å². The number of rotatable bonds is 6. The topological polar surface area (TPSA) is 91.4 Å². The molecule has 0 saturated carbocycles. The maximum absolute atomic E-state index is 12.5. The molecule has 156 valence electrons. The quantitative estimate of drug-likeness (QED) is 0.448. The fraction of sp³-hybridized carbons (Fsp3) is 0.136. The molecule has 0 spiro atoms. The van der Waals surface area contributed by atoms with Gasteiger partial charge in [-0.2, -0.15) is 4.98 Å². The van der Waals surface area contributed by atoms with Gasteiger partial charge in [0.05, 0.1) is 0 Å². The molecule has 1 N–H and O–H groups in total. The first-order valence-corrected chi connectivity index (χ1v) is 10.4. The average Bonchev–Trinajstić information content (AvgIpc) is 3.52. The van der Waals surface area contributed by atoms with Gasteiger partial charge < -0.3 is 23.9 Å². The Morgan fingerprint density at radius 3 is 2.87 bits per heavy atom. The zero-order valence-corrected chi connectivity index (χ0v) is 17.8. The summed E-state index contributed by atoms with van der Waals surface area (Å²) in [5, 5.41) is 7.00. The summed E-state index contributed by atoms with van der Waals surface area (Å²) in [7, 11) is 0. The Morgan fingerprint density at radius 1 is 1.10 bits per heavy atom. The first-order chi connectivity index (χ1) is 15.2. The average molecular weight is 481 g/mol. The van der Waals surface area contributed by atoms with Crippen molar-refractivity contribution in [3.05, 3.63) is 70.8 Å². The van der Waals surface area contributed by atoms with Crippen molar-refractivity contribution in [2.24, 2.45) is 0 Å². The summed E-state index contributed by atoms with van der Waals surface area (Å²) in [4.78, 5) is 17.0. The fourth-order valence-corrected chi connectivity index (χ4v) is 3.70. The molecule has 0 unspecified atom stereocenters. The molecule has 9 heteroatoms. The van der Waals surface area contributed by atoms with Crippen LogP contribution in [-0.4, -0.2) is 27.4 Å². The standard InChI is InChI=1S/C22H17BrN4O4/c23-16-5-2-1-4-15(16)11-24-20(28)12-27-9-3-6-17(27)22-25-21(26-31-22)14-7-8-18-19(10-14)30-13-29-18/h1-10H,11-13H2,(H,24,28). The van der Waals surface area contributed by atoms with Crippen LogP contribution in [0.5, 0.6) is 11.5 Å². The van der Waals surface area contributed by atoms with Crippen LogP contribution in [0.2, 0.25) is 0 Å². The molecule has 31 heavy (non-hydrogen) atoms. The molecule has 2 aromatic heterocycles. The Kier molecular flexibility index (Phi) is 5.17. The molecule has 0 saturated heterocycles. The molecule has 0 fully saturated rings. The fourth-order valence-electron chi connectivity index (χ4n) is 3.27. The molecule has 1 aliphatic rings. The molecule has 1 aliphatic heterocycles. The van der Waals surface area contributed by atoms with Crippen molar-refractivity contribution in [1.29, 1.82) is 0 Å². The van der Waals surface area contributed by atoms with E-state index in [-0.39, 0.29) is 19.2 Å². The number of hydrogen-bond donors (Lipinski definition) is 1. The van der Waals surface area contributed by atoms with Gasteiger partial charge in [0.1, 0.15) is 12.2 Å². The number of fused-ring (bicyclic) bond motifs is 1. The van der Waals surface area contributed by atoms with Crippen LogP contribution in [0.4, 0.5) is 0 Å². The Labute approximate surface area is 185 Å². The van der Waals surface area contributed by atoms with Crippen molar-refractivity contribution in [2.75, 3.05) is 6.79 Å². The van der Waals surface area contributed by atoms with Gasteiger partial charge in [-0.05, 0) is 42.0 Å². The van der Waals surface area contributed by atoms with Crippen molar-refractivity contribution < 1.29 is 18.8 Å². The lowest BCUT2D eigenvalue weighted by molar-refractivity contribution is -0.121. The van der Waals surface area contributed by atoms with E-state index in [0.717, 1.165) is 15.6 Å². The zero-order valence-electron chi connectivity index (χ0n) is 16.2. The van der Waals surface area contributed by atoms with E-state index in [0.29, 0.717) is 35.5 Å². The number of benzene rings is 2. The minimum Gasteiger partial charge on any atom is -0.454 e. The van der Waals surface area contributed by atoms with Gasteiger partial charge in [0.15, 0.2) is 11.5 Å². The van der Waals surface area contributed by atoms with Crippen LogP contribution in [-0.2, 0) is 17.9 Å². The highest BCUT2D eigenvalue weighted by atomic mass is 79.9. The third-order valence-corrected chi connectivity index (χ3v) is 5.63. The van der Waals surface area contributed by atoms with Crippen molar-refractivity contribution >= 4 is 21.8 Å². The Bertz CT molecular complexity index is 1250. The van der Waals surface area contributed by atoms with Crippen LogP contribution in [0.3, 0.4) is 0 Å². The Balaban J connectivity index is 1.29. The van der Waals surface area contributed by atoms with Gasteiger partial charge in [-0.25, -0.2) is 0 Å². The molecule has 0 radical (unpaired) electrons. The number of hydrogen-bond acceptors (Lipinski definition) is 6. The van der Waals surface area contributed by atoms with E-state index < -0.39 is 0 Å². The molecule has 2 aromatic carbocycles. The highest BCUT2D eigenvalue weighted by molar-refractivity contribution is 9.10. The summed E-state index contributed by atoms with van der Waals surface area (Å²) in [6.45, 7) is 0.771. The van der Waals surface area contributed by atoms with Crippen LogP contribution in [0.1, 0.15) is 5.56 Å². The normalized spacial score (nSPS) is 12.2. The van der Waals surface area contributed by atoms with E-state index in [4.69, 9.17) is 14.0 Å². The van der Waals surface area contributed by atoms with Gasteiger partial charge in [-0.3, -0.25) is 4.79 Å². The van der Waals surface area contributed by atoms with Crippen LogP contribution < -0.4 is 14.8 Å². The number of carbonyl (C=O) groups is 1. The van der Waals surface area contributed by atoms with Gasteiger partial charge in [-0.15, -0.1) is 0 Å². The number of carbonyl (C=O) groups excluding carboxylic acids is 1. The predicted molar refractivity (Wildman–Crippen MR) is 115 cm³/mol. The number of nitrogens with zero attached hydrogens (tertiary/aromatic N) is 3. The zero-order chi connectivity index (χ0) is 21.2. The van der Waals surface area contributed by atoms with Crippen molar-refractivity contribution in [3.63, 3.8) is 0 Å². The summed E-state index contributed by atoms with van der Waals surface area (Å²) in [5.74, 6) is 1.98. The SMILES string of the molecule is O=C(Cn1cccc1-c1nc(-c2ccc3c(c2)OCO3)no1)NCc1ccccc1Br. The monoisotopic (exact) mass is 480 g/mol. The van der Waals surface area contributed by atoms with E-state index in [1.54, 1.807) is 10.8 Å². The van der Waals surface area contributed by atoms with Crippen LogP contribution in [0, 0.1) is 0 Å². The predicted octanol–water partition coefficient (Wildman–Crippen LogP) is 4.01. The summed E-state index contributed by atoms with van der Waals surface area (Å²) >= 11 is 3.49. The van der Waals surface area contributed by atoms with Gasteiger partial charge in [-0.1, -0.05) is 39.3 Å². The van der Waals surface area contributed by atoms with Crippen molar-refractivity contribution in [1.82, 2.24) is 20.0 Å². The molecular weight excluding hydrogens is 464 g/mol. The molecule has 0 bridgehead atoms. The molecule has 0 aliphatic carbocycles. The minimum absolute atomic E-state index is 0.122. The van der Waals surface area contributed by atoms with E-state index in [2.05, 4.69) is 31.4 Å². The second-order valence-corrected chi connectivity index (χ2v) is 7.73. The number of aromatic nitrogens is 3. The second kappa shape index (κ2) is 8.27. The van der Waals surface area contributed by atoms with Gasteiger partial charge in [0, 0.05) is 22.8 Å². The lowest BCUT2D eigenvalue weighted by Crippen LogP contribution is -2.27. The summed E-state index contributed by atoms with van der Waals surface area (Å²) in [5.41, 5.74) is 2.42. The van der Waals surface area contributed by atoms with Crippen molar-refractivity contribution in [2.45, 2.75) is 13.1 Å². The molecule has 3 heterocycles. The highest BCUT2D eigenvalue weighted by Crippen LogP contribution is 2.35. The highest BCUT2D eigenvalue weighted by Gasteiger charge is 2.19. The van der Waals surface area contributed by atoms with E-state index in [1.807, 2.05) is 54.6 Å². The number of nitrogens with one attached hydrogen (secondary N) is 1.